The fourth-order valence-electron chi connectivity index (χ4n) is 1.80. The van der Waals surface area contributed by atoms with Crippen LogP contribution >= 0.6 is 23.2 Å². The minimum Gasteiger partial charge on any atom is -0.339 e. The van der Waals surface area contributed by atoms with Gasteiger partial charge in [0.05, 0.1) is 22.3 Å². The van der Waals surface area contributed by atoms with Crippen molar-refractivity contribution < 1.29 is 0 Å². The third kappa shape index (κ3) is 3.01. The second-order valence-corrected chi connectivity index (χ2v) is 5.28. The number of nitrogens with one attached hydrogen (secondary N) is 1. The summed E-state index contributed by atoms with van der Waals surface area (Å²) in [6.07, 6.45) is 1.39. The number of hydrogen-bond acceptors (Lipinski definition) is 4. The van der Waals surface area contributed by atoms with Crippen molar-refractivity contribution in [3.8, 4) is 6.07 Å². The Morgan fingerprint density at radius 2 is 2.00 bits per heavy atom. The summed E-state index contributed by atoms with van der Waals surface area (Å²) >= 11 is 12.2. The first-order valence-electron chi connectivity index (χ1n) is 6.00. The van der Waals surface area contributed by atoms with Crippen molar-refractivity contribution in [1.82, 2.24) is 9.97 Å². The van der Waals surface area contributed by atoms with E-state index in [9.17, 15) is 0 Å². The Morgan fingerprint density at radius 1 is 1.25 bits per heavy atom. The van der Waals surface area contributed by atoms with Gasteiger partial charge in [-0.1, -0.05) is 37.0 Å². The van der Waals surface area contributed by atoms with E-state index in [-0.39, 0.29) is 5.92 Å². The highest BCUT2D eigenvalue weighted by Crippen LogP contribution is 2.32. The largest absolute Gasteiger partial charge is 0.339 e. The first-order valence-corrected chi connectivity index (χ1v) is 6.75. The lowest BCUT2D eigenvalue weighted by atomic mass is 10.1. The lowest BCUT2D eigenvalue weighted by molar-refractivity contribution is 0.850. The third-order valence-corrected chi connectivity index (χ3v) is 3.39. The molecule has 102 valence electrons. The molecular formula is C14H12Cl2N4. The maximum atomic E-state index is 8.94. The standard InChI is InChI=1S/C14H12Cl2N4/c1-8(2)12-13(16)18-7-19-14(12)20-11-5-9(6-17)3-4-10(11)15/h3-5,7-8H,1-2H3,(H,18,19,20). The average molecular weight is 307 g/mol. The van der Waals surface area contributed by atoms with Gasteiger partial charge in [-0.3, -0.25) is 0 Å². The lowest BCUT2D eigenvalue weighted by Crippen LogP contribution is -2.03. The van der Waals surface area contributed by atoms with Crippen LogP contribution in [0.2, 0.25) is 10.2 Å². The van der Waals surface area contributed by atoms with Gasteiger partial charge in [-0.05, 0) is 24.1 Å². The fraction of sp³-hybridized carbons (Fsp3) is 0.214. The Labute approximate surface area is 127 Å². The van der Waals surface area contributed by atoms with Gasteiger partial charge in [0.25, 0.3) is 0 Å². The van der Waals surface area contributed by atoms with Gasteiger partial charge in [-0.25, -0.2) is 9.97 Å². The molecule has 20 heavy (non-hydrogen) atoms. The molecule has 6 heteroatoms. The van der Waals surface area contributed by atoms with Crippen LogP contribution in [0, 0.1) is 11.3 Å². The second-order valence-electron chi connectivity index (χ2n) is 4.51. The normalized spacial score (nSPS) is 10.4. The summed E-state index contributed by atoms with van der Waals surface area (Å²) in [6, 6.07) is 7.06. The number of nitriles is 1. The summed E-state index contributed by atoms with van der Waals surface area (Å²) in [5, 5.41) is 13.0. The minimum absolute atomic E-state index is 0.157. The van der Waals surface area contributed by atoms with Crippen molar-refractivity contribution in [3.05, 3.63) is 45.8 Å². The van der Waals surface area contributed by atoms with Gasteiger partial charge in [0.1, 0.15) is 17.3 Å². The maximum absolute atomic E-state index is 8.94. The van der Waals surface area contributed by atoms with Gasteiger partial charge in [-0.15, -0.1) is 0 Å². The lowest BCUT2D eigenvalue weighted by Gasteiger charge is -2.15. The molecule has 0 saturated carbocycles. The average Bonchev–Trinajstić information content (AvgIpc) is 2.41. The second kappa shape index (κ2) is 6.08. The molecule has 0 aliphatic heterocycles. The van der Waals surface area contributed by atoms with Crippen LogP contribution in [0.25, 0.3) is 0 Å². The predicted molar refractivity (Wildman–Crippen MR) is 80.6 cm³/mol. The highest BCUT2D eigenvalue weighted by Gasteiger charge is 2.14. The Bertz CT molecular complexity index is 677. The van der Waals surface area contributed by atoms with Crippen molar-refractivity contribution in [2.75, 3.05) is 5.32 Å². The smallest absolute Gasteiger partial charge is 0.138 e. The zero-order valence-electron chi connectivity index (χ0n) is 11.0. The highest BCUT2D eigenvalue weighted by atomic mass is 35.5. The van der Waals surface area contributed by atoms with Gasteiger partial charge < -0.3 is 5.32 Å². The number of nitrogens with zero attached hydrogens (tertiary/aromatic N) is 3. The van der Waals surface area contributed by atoms with Crippen LogP contribution in [0.3, 0.4) is 0 Å². The Kier molecular flexibility index (Phi) is 4.43. The molecule has 0 atom stereocenters. The SMILES string of the molecule is CC(C)c1c(Cl)ncnc1Nc1cc(C#N)ccc1Cl. The summed E-state index contributed by atoms with van der Waals surface area (Å²) in [5.74, 6) is 0.751. The molecule has 0 amide bonds. The van der Waals surface area contributed by atoms with Gasteiger partial charge in [-0.2, -0.15) is 5.26 Å². The Hall–Kier alpha value is -1.83. The van der Waals surface area contributed by atoms with Crippen LogP contribution in [-0.2, 0) is 0 Å². The quantitative estimate of drug-likeness (QED) is 0.847. The molecule has 0 aliphatic carbocycles. The Balaban J connectivity index is 2.45. The summed E-state index contributed by atoms with van der Waals surface area (Å²) in [6.45, 7) is 4.01. The monoisotopic (exact) mass is 306 g/mol. The van der Waals surface area contributed by atoms with E-state index >= 15 is 0 Å². The van der Waals surface area contributed by atoms with E-state index in [2.05, 4.69) is 21.4 Å². The molecular weight excluding hydrogens is 295 g/mol. The van der Waals surface area contributed by atoms with Crippen LogP contribution in [0.4, 0.5) is 11.5 Å². The van der Waals surface area contributed by atoms with Gasteiger partial charge in [0.2, 0.25) is 0 Å². The molecule has 0 radical (unpaired) electrons. The van der Waals surface area contributed by atoms with E-state index < -0.39 is 0 Å². The number of aromatic nitrogens is 2. The Morgan fingerprint density at radius 3 is 2.65 bits per heavy atom. The first-order chi connectivity index (χ1) is 9.52. The molecule has 1 aromatic carbocycles. The molecule has 1 aromatic heterocycles. The van der Waals surface area contributed by atoms with Crippen LogP contribution in [-0.4, -0.2) is 9.97 Å². The van der Waals surface area contributed by atoms with Gasteiger partial charge >= 0.3 is 0 Å². The van der Waals surface area contributed by atoms with Crippen LogP contribution in [0.15, 0.2) is 24.5 Å². The van der Waals surface area contributed by atoms with Crippen molar-refractivity contribution >= 4 is 34.7 Å². The van der Waals surface area contributed by atoms with Gasteiger partial charge in [0, 0.05) is 5.56 Å². The molecule has 4 nitrogen and oxygen atoms in total. The predicted octanol–water partition coefficient (Wildman–Crippen LogP) is 4.52. The number of rotatable bonds is 3. The van der Waals surface area contributed by atoms with Crippen LogP contribution in [0.5, 0.6) is 0 Å². The number of anilines is 2. The van der Waals surface area contributed by atoms with E-state index in [1.54, 1.807) is 18.2 Å². The van der Waals surface area contributed by atoms with Crippen molar-refractivity contribution in [1.29, 1.82) is 5.26 Å². The summed E-state index contributed by atoms with van der Waals surface area (Å²) in [7, 11) is 0. The molecule has 0 aliphatic rings. The zero-order chi connectivity index (χ0) is 14.7. The maximum Gasteiger partial charge on any atom is 0.138 e. The van der Waals surface area contributed by atoms with E-state index in [4.69, 9.17) is 28.5 Å². The topological polar surface area (TPSA) is 61.6 Å². The fourth-order valence-corrected chi connectivity index (χ4v) is 2.32. The van der Waals surface area contributed by atoms with E-state index in [0.29, 0.717) is 27.2 Å². The molecule has 1 N–H and O–H groups in total. The van der Waals surface area contributed by atoms with E-state index in [1.807, 2.05) is 13.8 Å². The molecule has 0 spiro atoms. The molecule has 0 fully saturated rings. The number of benzene rings is 1. The highest BCUT2D eigenvalue weighted by molar-refractivity contribution is 6.33. The zero-order valence-corrected chi connectivity index (χ0v) is 12.5. The summed E-state index contributed by atoms with van der Waals surface area (Å²) in [5.41, 5.74) is 1.94. The number of hydrogen-bond donors (Lipinski definition) is 1. The van der Waals surface area contributed by atoms with E-state index in [1.165, 1.54) is 6.33 Å². The van der Waals surface area contributed by atoms with Gasteiger partial charge in [0.15, 0.2) is 0 Å². The molecule has 2 rings (SSSR count). The summed E-state index contributed by atoms with van der Waals surface area (Å²) in [4.78, 5) is 8.19. The molecule has 2 aromatic rings. The first kappa shape index (κ1) is 14.6. The van der Waals surface area contributed by atoms with Crippen molar-refractivity contribution in [2.24, 2.45) is 0 Å². The minimum atomic E-state index is 0.157. The molecule has 0 saturated heterocycles. The molecule has 1 heterocycles. The van der Waals surface area contributed by atoms with Crippen LogP contribution < -0.4 is 5.32 Å². The van der Waals surface area contributed by atoms with Crippen molar-refractivity contribution in [3.63, 3.8) is 0 Å². The summed E-state index contributed by atoms with van der Waals surface area (Å²) < 4.78 is 0. The van der Waals surface area contributed by atoms with Crippen LogP contribution in [0.1, 0.15) is 30.9 Å². The molecule has 0 unspecified atom stereocenters. The number of halogens is 2. The van der Waals surface area contributed by atoms with E-state index in [0.717, 1.165) is 5.56 Å². The third-order valence-electron chi connectivity index (χ3n) is 2.76. The molecule has 0 bridgehead atoms. The van der Waals surface area contributed by atoms with Crippen molar-refractivity contribution in [2.45, 2.75) is 19.8 Å².